The van der Waals surface area contributed by atoms with Gasteiger partial charge in [0.25, 0.3) is 5.91 Å². The summed E-state index contributed by atoms with van der Waals surface area (Å²) in [7, 11) is 0. The van der Waals surface area contributed by atoms with Crippen LogP contribution in [0.15, 0.2) is 48.5 Å². The number of nitrogens with one attached hydrogen (secondary N) is 3. The maximum absolute atomic E-state index is 12.8. The van der Waals surface area contributed by atoms with Gasteiger partial charge in [-0.15, -0.1) is 0 Å². The number of hydrogen-bond acceptors (Lipinski definition) is 4. The molecule has 1 saturated heterocycles. The molecule has 0 aromatic heterocycles. The van der Waals surface area contributed by atoms with Crippen molar-refractivity contribution in [2.75, 3.05) is 35.6 Å². The van der Waals surface area contributed by atoms with E-state index in [0.29, 0.717) is 22.9 Å². The molecule has 1 heterocycles. The molecule has 33 heavy (non-hydrogen) atoms. The zero-order chi connectivity index (χ0) is 24.0. The molecule has 0 aliphatic carbocycles. The first-order chi connectivity index (χ1) is 15.6. The van der Waals surface area contributed by atoms with Gasteiger partial charge in [0.15, 0.2) is 0 Å². The predicted octanol–water partition coefficient (Wildman–Crippen LogP) is 4.59. The summed E-state index contributed by atoms with van der Waals surface area (Å²) >= 11 is 0. The van der Waals surface area contributed by atoms with Crippen LogP contribution in [0.5, 0.6) is 0 Å². The van der Waals surface area contributed by atoms with Gasteiger partial charge in [0.2, 0.25) is 11.8 Å². The first-order valence-electron chi connectivity index (χ1n) is 11.5. The normalized spacial score (nSPS) is 14.5. The predicted molar refractivity (Wildman–Crippen MR) is 132 cm³/mol. The van der Waals surface area contributed by atoms with Crippen LogP contribution in [-0.4, -0.2) is 42.3 Å². The van der Waals surface area contributed by atoms with Crippen molar-refractivity contribution in [3.8, 4) is 0 Å². The van der Waals surface area contributed by atoms with E-state index in [1.165, 1.54) is 0 Å². The molecule has 2 aromatic carbocycles. The summed E-state index contributed by atoms with van der Waals surface area (Å²) in [6.07, 6.45) is 2.05. The van der Waals surface area contributed by atoms with Gasteiger partial charge in [-0.1, -0.05) is 39.8 Å². The third-order valence-corrected chi connectivity index (χ3v) is 5.72. The van der Waals surface area contributed by atoms with Crippen molar-refractivity contribution in [3.63, 3.8) is 0 Å². The minimum atomic E-state index is -0.494. The Bertz CT molecular complexity index is 1000. The first kappa shape index (κ1) is 24.3. The SMILES string of the molecule is CC1CCN(C(=O)c2cccc(NC(=O)CNc3cccc(NC(=O)C(C)(C)C)c3)c2)CC1. The van der Waals surface area contributed by atoms with Crippen LogP contribution >= 0.6 is 0 Å². The Morgan fingerprint density at radius 3 is 2.18 bits per heavy atom. The molecule has 0 spiro atoms. The molecule has 176 valence electrons. The van der Waals surface area contributed by atoms with Gasteiger partial charge in [-0.3, -0.25) is 14.4 Å². The molecule has 1 aliphatic rings. The van der Waals surface area contributed by atoms with E-state index in [-0.39, 0.29) is 24.3 Å². The maximum Gasteiger partial charge on any atom is 0.253 e. The average molecular weight is 451 g/mol. The summed E-state index contributed by atoms with van der Waals surface area (Å²) in [6.45, 7) is 9.37. The summed E-state index contributed by atoms with van der Waals surface area (Å²) in [4.78, 5) is 39.3. The van der Waals surface area contributed by atoms with Crippen molar-refractivity contribution in [3.05, 3.63) is 54.1 Å². The van der Waals surface area contributed by atoms with E-state index < -0.39 is 5.41 Å². The van der Waals surface area contributed by atoms with Crippen molar-refractivity contribution < 1.29 is 14.4 Å². The number of piperidine rings is 1. The van der Waals surface area contributed by atoms with Crippen LogP contribution in [0.2, 0.25) is 0 Å². The fourth-order valence-electron chi connectivity index (χ4n) is 3.54. The number of carbonyl (C=O) groups excluding carboxylic acids is 3. The van der Waals surface area contributed by atoms with Crippen molar-refractivity contribution in [2.45, 2.75) is 40.5 Å². The molecule has 3 amide bonds. The average Bonchev–Trinajstić information content (AvgIpc) is 2.77. The third-order valence-electron chi connectivity index (χ3n) is 5.72. The van der Waals surface area contributed by atoms with Gasteiger partial charge in [0.05, 0.1) is 6.54 Å². The Kier molecular flexibility index (Phi) is 7.74. The number of anilines is 3. The van der Waals surface area contributed by atoms with E-state index in [2.05, 4.69) is 22.9 Å². The van der Waals surface area contributed by atoms with Crippen LogP contribution in [0.25, 0.3) is 0 Å². The van der Waals surface area contributed by atoms with Gasteiger partial charge in [0.1, 0.15) is 0 Å². The molecule has 3 N–H and O–H groups in total. The van der Waals surface area contributed by atoms with E-state index in [1.807, 2.05) is 37.8 Å². The van der Waals surface area contributed by atoms with Gasteiger partial charge in [-0.05, 0) is 55.2 Å². The lowest BCUT2D eigenvalue weighted by atomic mass is 9.95. The molecule has 0 radical (unpaired) electrons. The fourth-order valence-corrected chi connectivity index (χ4v) is 3.54. The summed E-state index contributed by atoms with van der Waals surface area (Å²) in [5, 5.41) is 8.79. The van der Waals surface area contributed by atoms with Crippen molar-refractivity contribution in [2.24, 2.45) is 11.3 Å². The molecule has 0 unspecified atom stereocenters. The minimum Gasteiger partial charge on any atom is -0.376 e. The van der Waals surface area contributed by atoms with E-state index in [1.54, 1.807) is 36.4 Å². The Hall–Kier alpha value is -3.35. The Balaban J connectivity index is 1.54. The number of amides is 3. The van der Waals surface area contributed by atoms with Crippen LogP contribution < -0.4 is 16.0 Å². The van der Waals surface area contributed by atoms with Crippen molar-refractivity contribution in [1.29, 1.82) is 0 Å². The molecular formula is C26H34N4O3. The molecular weight excluding hydrogens is 416 g/mol. The van der Waals surface area contributed by atoms with E-state index >= 15 is 0 Å². The van der Waals surface area contributed by atoms with Crippen molar-refractivity contribution in [1.82, 2.24) is 4.90 Å². The first-order valence-corrected chi connectivity index (χ1v) is 11.5. The third kappa shape index (κ3) is 7.07. The standard InChI is InChI=1S/C26H34N4O3/c1-18-11-13-30(14-12-18)24(32)19-7-5-9-21(15-19)28-23(31)17-27-20-8-6-10-22(16-20)29-25(33)26(2,3)4/h5-10,15-16,18,27H,11-14,17H2,1-4H3,(H,28,31)(H,29,33). The zero-order valence-corrected chi connectivity index (χ0v) is 19.9. The molecule has 0 bridgehead atoms. The summed E-state index contributed by atoms with van der Waals surface area (Å²) in [6, 6.07) is 14.3. The number of hydrogen-bond donors (Lipinski definition) is 3. The Labute approximate surface area is 195 Å². The second kappa shape index (κ2) is 10.5. The molecule has 2 aromatic rings. The number of rotatable bonds is 6. The smallest absolute Gasteiger partial charge is 0.253 e. The zero-order valence-electron chi connectivity index (χ0n) is 19.9. The number of nitrogens with zero attached hydrogens (tertiary/aromatic N) is 1. The molecule has 0 saturated carbocycles. The van der Waals surface area contributed by atoms with Crippen LogP contribution in [0.3, 0.4) is 0 Å². The van der Waals surface area contributed by atoms with Gasteiger partial charge in [-0.2, -0.15) is 0 Å². The van der Waals surface area contributed by atoms with Gasteiger partial charge < -0.3 is 20.9 Å². The quantitative estimate of drug-likeness (QED) is 0.600. The van der Waals surface area contributed by atoms with Crippen LogP contribution in [0.4, 0.5) is 17.1 Å². The van der Waals surface area contributed by atoms with Crippen LogP contribution in [0.1, 0.15) is 50.9 Å². The maximum atomic E-state index is 12.8. The summed E-state index contributed by atoms with van der Waals surface area (Å²) in [5.41, 5.74) is 2.06. The monoisotopic (exact) mass is 450 g/mol. The number of benzene rings is 2. The van der Waals surface area contributed by atoms with E-state index in [0.717, 1.165) is 31.6 Å². The lowest BCUT2D eigenvalue weighted by Gasteiger charge is -2.30. The number of likely N-dealkylation sites (tertiary alicyclic amines) is 1. The fraction of sp³-hybridized carbons (Fsp3) is 0.423. The second-order valence-corrected chi connectivity index (χ2v) is 9.74. The largest absolute Gasteiger partial charge is 0.376 e. The topological polar surface area (TPSA) is 90.5 Å². The molecule has 1 fully saturated rings. The highest BCUT2D eigenvalue weighted by Gasteiger charge is 2.22. The van der Waals surface area contributed by atoms with Gasteiger partial charge in [0, 0.05) is 41.1 Å². The van der Waals surface area contributed by atoms with E-state index in [4.69, 9.17) is 0 Å². The Morgan fingerprint density at radius 1 is 0.909 bits per heavy atom. The highest BCUT2D eigenvalue weighted by atomic mass is 16.2. The second-order valence-electron chi connectivity index (χ2n) is 9.74. The highest BCUT2D eigenvalue weighted by molar-refractivity contribution is 5.98. The summed E-state index contributed by atoms with van der Waals surface area (Å²) < 4.78 is 0. The van der Waals surface area contributed by atoms with E-state index in [9.17, 15) is 14.4 Å². The van der Waals surface area contributed by atoms with Crippen molar-refractivity contribution >= 4 is 34.8 Å². The molecule has 1 aliphatic heterocycles. The molecule has 3 rings (SSSR count). The minimum absolute atomic E-state index is 0.00485. The molecule has 0 atom stereocenters. The Morgan fingerprint density at radius 2 is 1.52 bits per heavy atom. The van der Waals surface area contributed by atoms with Crippen LogP contribution in [0, 0.1) is 11.3 Å². The van der Waals surface area contributed by atoms with Gasteiger partial charge in [-0.25, -0.2) is 0 Å². The highest BCUT2D eigenvalue weighted by Crippen LogP contribution is 2.21. The number of carbonyl (C=O) groups is 3. The molecule has 7 nitrogen and oxygen atoms in total. The van der Waals surface area contributed by atoms with Crippen LogP contribution in [-0.2, 0) is 9.59 Å². The molecule has 7 heteroatoms. The lowest BCUT2D eigenvalue weighted by molar-refractivity contribution is -0.123. The van der Waals surface area contributed by atoms with Gasteiger partial charge >= 0.3 is 0 Å². The lowest BCUT2D eigenvalue weighted by Crippen LogP contribution is -2.37. The summed E-state index contributed by atoms with van der Waals surface area (Å²) in [5.74, 6) is 0.356.